The van der Waals surface area contributed by atoms with Crippen molar-refractivity contribution in [3.8, 4) is 0 Å². The molecule has 2 nitrogen and oxygen atoms in total. The lowest BCUT2D eigenvalue weighted by atomic mass is 9.86. The number of fused-ring (bicyclic) bond motifs is 1. The Labute approximate surface area is 123 Å². The molecule has 0 aromatic heterocycles. The molecule has 0 radical (unpaired) electrons. The summed E-state index contributed by atoms with van der Waals surface area (Å²) >= 11 is 0. The molecule has 0 bridgehead atoms. The van der Waals surface area contributed by atoms with Crippen LogP contribution in [-0.2, 0) is 19.5 Å². The molecule has 1 fully saturated rings. The third-order valence-electron chi connectivity index (χ3n) is 5.21. The number of nitrogens with zero attached hydrogens (tertiary/aromatic N) is 1. The number of hydrogen-bond donors (Lipinski definition) is 1. The second-order valence-corrected chi connectivity index (χ2v) is 6.84. The van der Waals surface area contributed by atoms with Gasteiger partial charge in [-0.05, 0) is 67.4 Å². The summed E-state index contributed by atoms with van der Waals surface area (Å²) in [6.07, 6.45) is 3.97. The molecule has 0 unspecified atom stereocenters. The molecule has 1 aromatic carbocycles. The monoisotopic (exact) mass is 272 g/mol. The Morgan fingerprint density at radius 2 is 2.05 bits per heavy atom. The first kappa shape index (κ1) is 14.1. The summed E-state index contributed by atoms with van der Waals surface area (Å²) in [5.74, 6) is 1.80. The summed E-state index contributed by atoms with van der Waals surface area (Å²) in [5.41, 5.74) is 4.72. The van der Waals surface area contributed by atoms with Gasteiger partial charge in [0.15, 0.2) is 0 Å². The van der Waals surface area contributed by atoms with Crippen molar-refractivity contribution in [3.05, 3.63) is 34.9 Å². The van der Waals surface area contributed by atoms with Crippen LogP contribution in [0.2, 0.25) is 0 Å². The van der Waals surface area contributed by atoms with Crippen LogP contribution in [0.1, 0.15) is 43.4 Å². The van der Waals surface area contributed by atoms with E-state index in [1.807, 2.05) is 0 Å². The zero-order valence-corrected chi connectivity index (χ0v) is 13.0. The molecule has 0 saturated carbocycles. The van der Waals surface area contributed by atoms with Crippen molar-refractivity contribution in [1.82, 2.24) is 10.2 Å². The molecular weight excluding hydrogens is 244 g/mol. The molecule has 0 atom stereocenters. The first-order valence-electron chi connectivity index (χ1n) is 8.26. The third kappa shape index (κ3) is 3.07. The molecule has 1 saturated heterocycles. The number of rotatable bonds is 3. The summed E-state index contributed by atoms with van der Waals surface area (Å²) in [4.78, 5) is 2.66. The van der Waals surface area contributed by atoms with E-state index < -0.39 is 0 Å². The van der Waals surface area contributed by atoms with Gasteiger partial charge < -0.3 is 5.32 Å². The van der Waals surface area contributed by atoms with Gasteiger partial charge in [-0.2, -0.15) is 0 Å². The molecular formula is C18H28N2. The van der Waals surface area contributed by atoms with E-state index in [9.17, 15) is 0 Å². The Hall–Kier alpha value is -0.860. The molecule has 2 heteroatoms. The summed E-state index contributed by atoms with van der Waals surface area (Å²) in [6, 6.07) is 6.87. The first-order chi connectivity index (χ1) is 9.74. The zero-order valence-electron chi connectivity index (χ0n) is 13.0. The number of piperidine rings is 1. The second kappa shape index (κ2) is 6.28. The molecule has 20 heavy (non-hydrogen) atoms. The fourth-order valence-electron chi connectivity index (χ4n) is 3.78. The van der Waals surface area contributed by atoms with E-state index in [4.69, 9.17) is 0 Å². The SMILES string of the molecule is CC(C)C1CCN(Cc2cccc3c2CCNC3)CC1. The second-order valence-electron chi connectivity index (χ2n) is 6.84. The van der Waals surface area contributed by atoms with Crippen molar-refractivity contribution in [1.29, 1.82) is 0 Å². The van der Waals surface area contributed by atoms with Crippen LogP contribution in [0, 0.1) is 11.8 Å². The highest BCUT2D eigenvalue weighted by Crippen LogP contribution is 2.26. The fourth-order valence-corrected chi connectivity index (χ4v) is 3.78. The third-order valence-corrected chi connectivity index (χ3v) is 5.21. The predicted octanol–water partition coefficient (Wildman–Crippen LogP) is 3.20. The van der Waals surface area contributed by atoms with Gasteiger partial charge in [0.2, 0.25) is 0 Å². The molecule has 0 amide bonds. The fraction of sp³-hybridized carbons (Fsp3) is 0.667. The van der Waals surface area contributed by atoms with Gasteiger partial charge in [0, 0.05) is 13.1 Å². The van der Waals surface area contributed by atoms with Gasteiger partial charge in [0.25, 0.3) is 0 Å². The van der Waals surface area contributed by atoms with Gasteiger partial charge in [-0.1, -0.05) is 32.0 Å². The van der Waals surface area contributed by atoms with Crippen LogP contribution >= 0.6 is 0 Å². The zero-order chi connectivity index (χ0) is 13.9. The number of hydrogen-bond acceptors (Lipinski definition) is 2. The molecule has 2 aliphatic rings. The minimum atomic E-state index is 0.854. The van der Waals surface area contributed by atoms with Gasteiger partial charge in [-0.15, -0.1) is 0 Å². The lowest BCUT2D eigenvalue weighted by molar-refractivity contribution is 0.151. The summed E-state index contributed by atoms with van der Waals surface area (Å²) in [6.45, 7) is 10.7. The van der Waals surface area contributed by atoms with Crippen molar-refractivity contribution in [2.75, 3.05) is 19.6 Å². The maximum Gasteiger partial charge on any atom is 0.0236 e. The van der Waals surface area contributed by atoms with E-state index >= 15 is 0 Å². The van der Waals surface area contributed by atoms with Crippen LogP contribution in [0.5, 0.6) is 0 Å². The lowest BCUT2D eigenvalue weighted by Gasteiger charge is -2.34. The highest BCUT2D eigenvalue weighted by molar-refractivity contribution is 5.37. The summed E-state index contributed by atoms with van der Waals surface area (Å²) < 4.78 is 0. The standard InChI is InChI=1S/C18H28N2/c1-14(2)15-7-10-20(11-8-15)13-17-5-3-4-16-12-19-9-6-18(16)17/h3-5,14-15,19H,6-13H2,1-2H3. The van der Waals surface area contributed by atoms with Crippen LogP contribution in [0.4, 0.5) is 0 Å². The van der Waals surface area contributed by atoms with Crippen LogP contribution in [0.3, 0.4) is 0 Å². The topological polar surface area (TPSA) is 15.3 Å². The van der Waals surface area contributed by atoms with E-state index in [0.29, 0.717) is 0 Å². The van der Waals surface area contributed by atoms with Crippen molar-refractivity contribution < 1.29 is 0 Å². The highest BCUT2D eigenvalue weighted by Gasteiger charge is 2.22. The Bertz CT molecular complexity index is 445. The van der Waals surface area contributed by atoms with Crippen molar-refractivity contribution in [2.24, 2.45) is 11.8 Å². The van der Waals surface area contributed by atoms with Crippen molar-refractivity contribution >= 4 is 0 Å². The van der Waals surface area contributed by atoms with Gasteiger partial charge in [-0.25, -0.2) is 0 Å². The normalized spacial score (nSPS) is 21.1. The van der Waals surface area contributed by atoms with Gasteiger partial charge in [-0.3, -0.25) is 4.90 Å². The minimum absolute atomic E-state index is 0.854. The van der Waals surface area contributed by atoms with Crippen LogP contribution in [-0.4, -0.2) is 24.5 Å². The van der Waals surface area contributed by atoms with Crippen molar-refractivity contribution in [2.45, 2.75) is 46.2 Å². The Morgan fingerprint density at radius 1 is 1.25 bits per heavy atom. The number of nitrogens with one attached hydrogen (secondary N) is 1. The van der Waals surface area contributed by atoms with Crippen LogP contribution < -0.4 is 5.32 Å². The lowest BCUT2D eigenvalue weighted by Crippen LogP contribution is -2.35. The van der Waals surface area contributed by atoms with E-state index in [1.54, 1.807) is 11.1 Å². The highest BCUT2D eigenvalue weighted by atomic mass is 15.1. The molecule has 1 aromatic rings. The van der Waals surface area contributed by atoms with Crippen molar-refractivity contribution in [3.63, 3.8) is 0 Å². The Kier molecular flexibility index (Phi) is 4.42. The molecule has 2 heterocycles. The quantitative estimate of drug-likeness (QED) is 0.909. The van der Waals surface area contributed by atoms with E-state index in [0.717, 1.165) is 31.5 Å². The Balaban J connectivity index is 1.64. The maximum absolute atomic E-state index is 3.48. The van der Waals surface area contributed by atoms with Gasteiger partial charge in [0.1, 0.15) is 0 Å². The smallest absolute Gasteiger partial charge is 0.0236 e. The predicted molar refractivity (Wildman–Crippen MR) is 84.7 cm³/mol. The van der Waals surface area contributed by atoms with Gasteiger partial charge in [0.05, 0.1) is 0 Å². The largest absolute Gasteiger partial charge is 0.312 e. The Morgan fingerprint density at radius 3 is 2.80 bits per heavy atom. The van der Waals surface area contributed by atoms with E-state index in [1.165, 1.54) is 37.9 Å². The molecule has 0 aliphatic carbocycles. The molecule has 110 valence electrons. The summed E-state index contributed by atoms with van der Waals surface area (Å²) in [7, 11) is 0. The molecule has 0 spiro atoms. The average Bonchev–Trinajstić information content (AvgIpc) is 2.48. The minimum Gasteiger partial charge on any atom is -0.312 e. The number of likely N-dealkylation sites (tertiary alicyclic amines) is 1. The average molecular weight is 272 g/mol. The summed E-state index contributed by atoms with van der Waals surface area (Å²) in [5, 5.41) is 3.48. The molecule has 2 aliphatic heterocycles. The van der Waals surface area contributed by atoms with Crippen LogP contribution in [0.15, 0.2) is 18.2 Å². The van der Waals surface area contributed by atoms with E-state index in [2.05, 4.69) is 42.3 Å². The molecule has 1 N–H and O–H groups in total. The van der Waals surface area contributed by atoms with Crippen LogP contribution in [0.25, 0.3) is 0 Å². The maximum atomic E-state index is 3.48. The molecule has 3 rings (SSSR count). The van der Waals surface area contributed by atoms with Gasteiger partial charge >= 0.3 is 0 Å². The number of benzene rings is 1. The van der Waals surface area contributed by atoms with E-state index in [-0.39, 0.29) is 0 Å². The first-order valence-corrected chi connectivity index (χ1v) is 8.26.